The second-order valence-electron chi connectivity index (χ2n) is 5.11. The van der Waals surface area contributed by atoms with E-state index in [9.17, 15) is 0 Å². The number of hydrogen-bond acceptors (Lipinski definition) is 1. The zero-order valence-corrected chi connectivity index (χ0v) is 11.2. The molecule has 2 heteroatoms. The Morgan fingerprint density at radius 2 is 1.68 bits per heavy atom. The molecule has 0 amide bonds. The molecule has 0 aliphatic carbocycles. The van der Waals surface area contributed by atoms with Crippen LogP contribution in [0, 0.1) is 0 Å². The van der Waals surface area contributed by atoms with Crippen LogP contribution in [0.15, 0.2) is 73.2 Å². The molecule has 2 aromatic rings. The topological polar surface area (TPSA) is 7.12 Å². The van der Waals surface area contributed by atoms with Gasteiger partial charge in [-0.25, -0.2) is 0 Å². The van der Waals surface area contributed by atoms with E-state index in [0.29, 0.717) is 12.0 Å². The Bertz CT molecular complexity index is 548. The van der Waals surface area contributed by atoms with E-state index in [-0.39, 0.29) is 0 Å². The van der Waals surface area contributed by atoms with Crippen LogP contribution in [0.25, 0.3) is 0 Å². The van der Waals surface area contributed by atoms with Gasteiger partial charge >= 0.3 is 0 Å². The zero-order chi connectivity index (χ0) is 13.1. The lowest BCUT2D eigenvalue weighted by Crippen LogP contribution is -2.48. The maximum Gasteiger partial charge on any atom is 0.185 e. The minimum Gasteiger partial charge on any atom is -0.374 e. The minimum atomic E-state index is 0.435. The highest BCUT2D eigenvalue weighted by atomic mass is 15.1. The van der Waals surface area contributed by atoms with Gasteiger partial charge in [-0.3, -0.25) is 0 Å². The molecular weight excluding hydrogens is 232 g/mol. The van der Waals surface area contributed by atoms with Crippen LogP contribution in [0.5, 0.6) is 0 Å². The Morgan fingerprint density at radius 3 is 2.42 bits per heavy atom. The van der Waals surface area contributed by atoms with Crippen LogP contribution >= 0.6 is 0 Å². The van der Waals surface area contributed by atoms with Crippen molar-refractivity contribution >= 4 is 0 Å². The standard InChI is InChI=1S/C17H19N2/c1-18-13-10-16(15-8-4-2-5-9-15)17(14-18)19-11-6-3-7-12-19/h2-13,16-17H,14H2,1H3/q+1. The first-order valence-electron chi connectivity index (χ1n) is 6.74. The van der Waals surface area contributed by atoms with Crippen molar-refractivity contribution in [2.45, 2.75) is 12.0 Å². The number of allylic oxidation sites excluding steroid dienone is 1. The molecule has 0 bridgehead atoms. The lowest BCUT2D eigenvalue weighted by Gasteiger charge is -2.29. The van der Waals surface area contributed by atoms with E-state index in [2.05, 4.69) is 89.7 Å². The van der Waals surface area contributed by atoms with Gasteiger partial charge < -0.3 is 4.90 Å². The summed E-state index contributed by atoms with van der Waals surface area (Å²) < 4.78 is 2.32. The molecular formula is C17H19N2+. The van der Waals surface area contributed by atoms with E-state index >= 15 is 0 Å². The summed E-state index contributed by atoms with van der Waals surface area (Å²) in [6.07, 6.45) is 8.82. The van der Waals surface area contributed by atoms with Crippen molar-refractivity contribution in [2.75, 3.05) is 13.6 Å². The maximum atomic E-state index is 2.32. The smallest absolute Gasteiger partial charge is 0.185 e. The summed E-state index contributed by atoms with van der Waals surface area (Å²) in [5.41, 5.74) is 1.38. The predicted molar refractivity (Wildman–Crippen MR) is 76.6 cm³/mol. The number of hydrogen-bond donors (Lipinski definition) is 0. The molecule has 2 unspecified atom stereocenters. The van der Waals surface area contributed by atoms with E-state index < -0.39 is 0 Å². The number of rotatable bonds is 2. The molecule has 1 aromatic carbocycles. The Morgan fingerprint density at radius 1 is 1.00 bits per heavy atom. The zero-order valence-electron chi connectivity index (χ0n) is 11.2. The van der Waals surface area contributed by atoms with Gasteiger partial charge in [0.25, 0.3) is 0 Å². The fourth-order valence-electron chi connectivity index (χ4n) is 2.76. The number of benzene rings is 1. The Labute approximate surface area is 114 Å². The molecule has 0 radical (unpaired) electrons. The molecule has 0 fully saturated rings. The summed E-state index contributed by atoms with van der Waals surface area (Å²) in [6, 6.07) is 17.5. The molecule has 1 aliphatic heterocycles. The minimum absolute atomic E-state index is 0.435. The first-order chi connectivity index (χ1) is 9.34. The molecule has 2 nitrogen and oxygen atoms in total. The third kappa shape index (κ3) is 2.53. The molecule has 3 rings (SSSR count). The molecule has 96 valence electrons. The maximum absolute atomic E-state index is 2.32. The second-order valence-corrected chi connectivity index (χ2v) is 5.11. The molecule has 0 spiro atoms. The molecule has 2 atom stereocenters. The summed E-state index contributed by atoms with van der Waals surface area (Å²) in [4.78, 5) is 2.25. The second kappa shape index (κ2) is 5.27. The lowest BCUT2D eigenvalue weighted by atomic mass is 9.89. The third-order valence-electron chi connectivity index (χ3n) is 3.74. The normalized spacial score (nSPS) is 22.5. The number of nitrogens with zero attached hydrogens (tertiary/aromatic N) is 2. The summed E-state index contributed by atoms with van der Waals surface area (Å²) in [7, 11) is 2.13. The highest BCUT2D eigenvalue weighted by Crippen LogP contribution is 2.30. The summed E-state index contributed by atoms with van der Waals surface area (Å²) in [6.45, 7) is 1.03. The lowest BCUT2D eigenvalue weighted by molar-refractivity contribution is -0.724. The van der Waals surface area contributed by atoms with Crippen molar-refractivity contribution in [3.05, 3.63) is 78.8 Å². The summed E-state index contributed by atoms with van der Waals surface area (Å²) >= 11 is 0. The fourth-order valence-corrected chi connectivity index (χ4v) is 2.76. The van der Waals surface area contributed by atoms with Gasteiger partial charge in [0.15, 0.2) is 18.4 Å². The van der Waals surface area contributed by atoms with Gasteiger partial charge in [-0.15, -0.1) is 0 Å². The van der Waals surface area contributed by atoms with Gasteiger partial charge in [0, 0.05) is 19.2 Å². The van der Waals surface area contributed by atoms with Gasteiger partial charge in [-0.05, 0) is 11.8 Å². The van der Waals surface area contributed by atoms with Crippen LogP contribution in [0.1, 0.15) is 17.5 Å². The van der Waals surface area contributed by atoms with Gasteiger partial charge in [0.05, 0.1) is 12.5 Å². The van der Waals surface area contributed by atoms with Crippen LogP contribution in [-0.2, 0) is 0 Å². The van der Waals surface area contributed by atoms with Crippen molar-refractivity contribution in [1.29, 1.82) is 0 Å². The Kier molecular flexibility index (Phi) is 3.32. The summed E-state index contributed by atoms with van der Waals surface area (Å²) in [5.74, 6) is 0.435. The largest absolute Gasteiger partial charge is 0.374 e. The molecule has 1 aliphatic rings. The first kappa shape index (κ1) is 12.0. The van der Waals surface area contributed by atoms with Gasteiger partial charge in [-0.1, -0.05) is 42.5 Å². The monoisotopic (exact) mass is 251 g/mol. The predicted octanol–water partition coefficient (Wildman–Crippen LogP) is 2.76. The van der Waals surface area contributed by atoms with Crippen molar-refractivity contribution in [3.63, 3.8) is 0 Å². The number of aromatic nitrogens is 1. The average Bonchev–Trinajstić information content (AvgIpc) is 2.49. The van der Waals surface area contributed by atoms with Crippen LogP contribution in [-0.4, -0.2) is 18.5 Å². The first-order valence-corrected chi connectivity index (χ1v) is 6.74. The fraction of sp³-hybridized carbons (Fsp3) is 0.235. The van der Waals surface area contributed by atoms with Crippen LogP contribution in [0.3, 0.4) is 0 Å². The molecule has 19 heavy (non-hydrogen) atoms. The average molecular weight is 251 g/mol. The third-order valence-corrected chi connectivity index (χ3v) is 3.74. The van der Waals surface area contributed by atoms with Gasteiger partial charge in [0.2, 0.25) is 0 Å². The molecule has 0 saturated carbocycles. The number of likely N-dealkylation sites (N-methyl/N-ethyl adjacent to an activating group) is 1. The van der Waals surface area contributed by atoms with Crippen molar-refractivity contribution in [3.8, 4) is 0 Å². The van der Waals surface area contributed by atoms with E-state index in [4.69, 9.17) is 0 Å². The molecule has 0 N–H and O–H groups in total. The SMILES string of the molecule is CN1C=CC(c2ccccc2)C([n+]2ccccc2)C1. The van der Waals surface area contributed by atoms with Crippen molar-refractivity contribution in [1.82, 2.24) is 4.90 Å². The van der Waals surface area contributed by atoms with E-state index in [1.807, 2.05) is 0 Å². The van der Waals surface area contributed by atoms with Gasteiger partial charge in [0.1, 0.15) is 0 Å². The quantitative estimate of drug-likeness (QED) is 0.744. The molecule has 0 saturated heterocycles. The van der Waals surface area contributed by atoms with Crippen LogP contribution in [0.2, 0.25) is 0 Å². The highest BCUT2D eigenvalue weighted by Gasteiger charge is 2.32. The van der Waals surface area contributed by atoms with E-state index in [1.165, 1.54) is 5.56 Å². The van der Waals surface area contributed by atoms with Crippen molar-refractivity contribution in [2.24, 2.45) is 0 Å². The van der Waals surface area contributed by atoms with Gasteiger partial charge in [-0.2, -0.15) is 4.57 Å². The number of pyridine rings is 1. The highest BCUT2D eigenvalue weighted by molar-refractivity contribution is 5.25. The molecule has 2 heterocycles. The van der Waals surface area contributed by atoms with E-state index in [0.717, 1.165) is 6.54 Å². The van der Waals surface area contributed by atoms with Crippen molar-refractivity contribution < 1.29 is 4.57 Å². The van der Waals surface area contributed by atoms with E-state index in [1.54, 1.807) is 0 Å². The van der Waals surface area contributed by atoms with Crippen LogP contribution in [0.4, 0.5) is 0 Å². The Balaban J connectivity index is 1.98. The Hall–Kier alpha value is -2.09. The molecule has 1 aromatic heterocycles. The van der Waals surface area contributed by atoms with Crippen LogP contribution < -0.4 is 4.57 Å². The summed E-state index contributed by atoms with van der Waals surface area (Å²) in [5, 5.41) is 0.